The zero-order chi connectivity index (χ0) is 16.1. The summed E-state index contributed by atoms with van der Waals surface area (Å²) in [5.41, 5.74) is 1.69. The van der Waals surface area contributed by atoms with Crippen LogP contribution in [0.4, 0.5) is 0 Å². The number of hydrogen-bond donors (Lipinski definition) is 2. The Balaban J connectivity index is 2.45. The van der Waals surface area contributed by atoms with Crippen LogP contribution in [-0.4, -0.2) is 23.8 Å². The van der Waals surface area contributed by atoms with Crippen molar-refractivity contribution >= 4 is 0 Å². The summed E-state index contributed by atoms with van der Waals surface area (Å²) < 4.78 is 0. The van der Waals surface area contributed by atoms with Crippen molar-refractivity contribution in [1.29, 1.82) is 0 Å². The van der Waals surface area contributed by atoms with Crippen LogP contribution < -0.4 is 5.32 Å². The van der Waals surface area contributed by atoms with Gasteiger partial charge in [-0.15, -0.1) is 0 Å². The van der Waals surface area contributed by atoms with Crippen LogP contribution in [-0.2, 0) is 5.41 Å². The molecule has 0 amide bonds. The van der Waals surface area contributed by atoms with Gasteiger partial charge in [0.25, 0.3) is 0 Å². The molecule has 2 nitrogen and oxygen atoms in total. The Kier molecular flexibility index (Phi) is 6.42. The van der Waals surface area contributed by atoms with Gasteiger partial charge in [0.05, 0.1) is 6.10 Å². The van der Waals surface area contributed by atoms with Gasteiger partial charge in [0.1, 0.15) is 0 Å². The summed E-state index contributed by atoms with van der Waals surface area (Å²) in [6, 6.07) is 11.0. The second-order valence-corrected chi connectivity index (χ2v) is 8.18. The normalized spacial score (nSPS) is 15.8. The molecule has 1 aromatic rings. The highest BCUT2D eigenvalue weighted by atomic mass is 16.3. The van der Waals surface area contributed by atoms with Crippen molar-refractivity contribution in [3.8, 4) is 0 Å². The third kappa shape index (κ3) is 7.10. The first-order valence-electron chi connectivity index (χ1n) is 8.07. The van der Waals surface area contributed by atoms with E-state index in [2.05, 4.69) is 77.2 Å². The van der Waals surface area contributed by atoms with Crippen LogP contribution in [0.2, 0.25) is 0 Å². The summed E-state index contributed by atoms with van der Waals surface area (Å²) in [7, 11) is 0. The number of aliphatic hydroxyl groups is 1. The van der Waals surface area contributed by atoms with Gasteiger partial charge in [0.15, 0.2) is 0 Å². The average molecular weight is 291 g/mol. The molecule has 0 spiro atoms. The van der Waals surface area contributed by atoms with Crippen LogP contribution in [0.15, 0.2) is 30.3 Å². The second-order valence-electron chi connectivity index (χ2n) is 8.18. The molecule has 2 unspecified atom stereocenters. The number of aliphatic hydroxyl groups excluding tert-OH is 1. The third-order valence-electron chi connectivity index (χ3n) is 3.92. The molecular formula is C19H33NO. The van der Waals surface area contributed by atoms with Crippen LogP contribution in [0.25, 0.3) is 0 Å². The molecule has 0 fully saturated rings. The Bertz CT molecular complexity index is 405. The van der Waals surface area contributed by atoms with Crippen molar-refractivity contribution in [1.82, 2.24) is 5.32 Å². The fourth-order valence-corrected chi connectivity index (χ4v) is 2.96. The van der Waals surface area contributed by atoms with E-state index in [4.69, 9.17) is 0 Å². The van der Waals surface area contributed by atoms with E-state index in [-0.39, 0.29) is 16.9 Å². The lowest BCUT2D eigenvalue weighted by molar-refractivity contribution is 0.115. The van der Waals surface area contributed by atoms with E-state index in [1.165, 1.54) is 5.56 Å². The van der Waals surface area contributed by atoms with Crippen LogP contribution in [0, 0.1) is 5.41 Å². The van der Waals surface area contributed by atoms with Gasteiger partial charge in [-0.3, -0.25) is 0 Å². The van der Waals surface area contributed by atoms with E-state index in [0.29, 0.717) is 12.6 Å². The molecule has 2 N–H and O–H groups in total. The highest BCUT2D eigenvalue weighted by molar-refractivity contribution is 5.23. The summed E-state index contributed by atoms with van der Waals surface area (Å²) >= 11 is 0. The maximum Gasteiger partial charge on any atom is 0.0669 e. The lowest BCUT2D eigenvalue weighted by Crippen LogP contribution is -2.38. The molecule has 0 saturated heterocycles. The molecule has 21 heavy (non-hydrogen) atoms. The second kappa shape index (κ2) is 7.42. The topological polar surface area (TPSA) is 32.3 Å². The molecule has 2 heteroatoms. The molecule has 2 atom stereocenters. The minimum Gasteiger partial charge on any atom is -0.392 e. The standard InChI is InChI=1S/C19H33NO/c1-15(20-14-17(21)13-18(2,3)4)12-19(5,6)16-10-8-7-9-11-16/h7-11,15,17,20-21H,12-14H2,1-6H3. The summed E-state index contributed by atoms with van der Waals surface area (Å²) in [5, 5.41) is 13.6. The lowest BCUT2D eigenvalue weighted by atomic mass is 9.79. The lowest BCUT2D eigenvalue weighted by Gasteiger charge is -2.30. The van der Waals surface area contributed by atoms with Crippen LogP contribution in [0.1, 0.15) is 59.9 Å². The fraction of sp³-hybridized carbons (Fsp3) is 0.684. The van der Waals surface area contributed by atoms with E-state index < -0.39 is 0 Å². The molecule has 0 aromatic heterocycles. The quantitative estimate of drug-likeness (QED) is 0.791. The van der Waals surface area contributed by atoms with E-state index in [1.54, 1.807) is 0 Å². The molecule has 1 rings (SSSR count). The zero-order valence-corrected chi connectivity index (χ0v) is 14.6. The van der Waals surface area contributed by atoms with Crippen molar-refractivity contribution in [2.24, 2.45) is 5.41 Å². The highest BCUT2D eigenvalue weighted by Crippen LogP contribution is 2.28. The first-order chi connectivity index (χ1) is 9.60. The highest BCUT2D eigenvalue weighted by Gasteiger charge is 2.24. The zero-order valence-electron chi connectivity index (χ0n) is 14.6. The van der Waals surface area contributed by atoms with Crippen LogP contribution in [0.3, 0.4) is 0 Å². The van der Waals surface area contributed by atoms with E-state index >= 15 is 0 Å². The Morgan fingerprint density at radius 1 is 1.00 bits per heavy atom. The molecule has 0 aliphatic carbocycles. The van der Waals surface area contributed by atoms with Gasteiger partial charge in [-0.25, -0.2) is 0 Å². The van der Waals surface area contributed by atoms with Crippen molar-refractivity contribution in [3.63, 3.8) is 0 Å². The monoisotopic (exact) mass is 291 g/mol. The molecule has 1 aromatic carbocycles. The molecule has 0 saturated carbocycles. The van der Waals surface area contributed by atoms with E-state index in [9.17, 15) is 5.11 Å². The van der Waals surface area contributed by atoms with Crippen LogP contribution >= 0.6 is 0 Å². The van der Waals surface area contributed by atoms with Gasteiger partial charge in [-0.05, 0) is 36.2 Å². The Morgan fingerprint density at radius 3 is 2.10 bits per heavy atom. The Hall–Kier alpha value is -0.860. The summed E-state index contributed by atoms with van der Waals surface area (Å²) in [6.45, 7) is 13.9. The van der Waals surface area contributed by atoms with Gasteiger partial charge in [-0.1, -0.05) is 65.0 Å². The van der Waals surface area contributed by atoms with E-state index in [1.807, 2.05) is 0 Å². The van der Waals surface area contributed by atoms with Crippen molar-refractivity contribution < 1.29 is 5.11 Å². The smallest absolute Gasteiger partial charge is 0.0669 e. The molecule has 0 bridgehead atoms. The van der Waals surface area contributed by atoms with Crippen molar-refractivity contribution in [3.05, 3.63) is 35.9 Å². The number of nitrogens with one attached hydrogen (secondary N) is 1. The first-order valence-corrected chi connectivity index (χ1v) is 8.07. The molecular weight excluding hydrogens is 258 g/mol. The van der Waals surface area contributed by atoms with Gasteiger partial charge >= 0.3 is 0 Å². The van der Waals surface area contributed by atoms with Gasteiger partial charge in [0.2, 0.25) is 0 Å². The SMILES string of the molecule is CC(CC(C)(C)c1ccccc1)NCC(O)CC(C)(C)C. The summed E-state index contributed by atoms with van der Waals surface area (Å²) in [4.78, 5) is 0. The predicted molar refractivity (Wildman–Crippen MR) is 91.6 cm³/mol. The largest absolute Gasteiger partial charge is 0.392 e. The Morgan fingerprint density at radius 2 is 1.57 bits per heavy atom. The maximum atomic E-state index is 10.1. The minimum atomic E-state index is -0.271. The molecule has 0 aliphatic heterocycles. The molecule has 0 radical (unpaired) electrons. The molecule has 0 aliphatic rings. The first kappa shape index (κ1) is 18.2. The van der Waals surface area contributed by atoms with Crippen molar-refractivity contribution in [2.75, 3.05) is 6.54 Å². The van der Waals surface area contributed by atoms with Crippen LogP contribution in [0.5, 0.6) is 0 Å². The fourth-order valence-electron chi connectivity index (χ4n) is 2.96. The third-order valence-corrected chi connectivity index (χ3v) is 3.92. The minimum absolute atomic E-state index is 0.142. The molecule has 120 valence electrons. The predicted octanol–water partition coefficient (Wildman–Crippen LogP) is 4.13. The summed E-state index contributed by atoms with van der Waals surface area (Å²) in [6.07, 6.45) is 1.61. The summed E-state index contributed by atoms with van der Waals surface area (Å²) in [5.74, 6) is 0. The van der Waals surface area contributed by atoms with Gasteiger partial charge in [0, 0.05) is 12.6 Å². The molecule has 0 heterocycles. The average Bonchev–Trinajstić information content (AvgIpc) is 2.35. The Labute approximate surface area is 131 Å². The van der Waals surface area contributed by atoms with E-state index in [0.717, 1.165) is 12.8 Å². The maximum absolute atomic E-state index is 10.1. The number of hydrogen-bond acceptors (Lipinski definition) is 2. The van der Waals surface area contributed by atoms with Crippen molar-refractivity contribution in [2.45, 2.75) is 71.9 Å². The van der Waals surface area contributed by atoms with Gasteiger partial charge in [-0.2, -0.15) is 0 Å². The number of benzene rings is 1. The number of rotatable bonds is 7. The van der Waals surface area contributed by atoms with Gasteiger partial charge < -0.3 is 10.4 Å².